The van der Waals surface area contributed by atoms with Crippen molar-refractivity contribution < 1.29 is 28.9 Å². The Morgan fingerprint density at radius 2 is 1.83 bits per heavy atom. The highest BCUT2D eigenvalue weighted by Gasteiger charge is 2.30. The van der Waals surface area contributed by atoms with Gasteiger partial charge in [0.05, 0.1) is 27.2 Å². The molecule has 0 aliphatic carbocycles. The zero-order valence-corrected chi connectivity index (χ0v) is 14.0. The summed E-state index contributed by atoms with van der Waals surface area (Å²) in [6, 6.07) is 3.23. The zero-order valence-electron chi connectivity index (χ0n) is 14.0. The Morgan fingerprint density at radius 3 is 2.29 bits per heavy atom. The number of ether oxygens (including phenoxy) is 3. The van der Waals surface area contributed by atoms with E-state index in [2.05, 4.69) is 5.32 Å². The van der Waals surface area contributed by atoms with Crippen LogP contribution in [0, 0.1) is 5.92 Å². The van der Waals surface area contributed by atoms with Crippen molar-refractivity contribution in [3.8, 4) is 17.2 Å². The molecule has 8 nitrogen and oxygen atoms in total. The summed E-state index contributed by atoms with van der Waals surface area (Å²) >= 11 is 0. The minimum atomic E-state index is -0.866. The van der Waals surface area contributed by atoms with Gasteiger partial charge in [-0.15, -0.1) is 0 Å². The predicted octanol–water partition coefficient (Wildman–Crippen LogP) is 1.33. The van der Waals surface area contributed by atoms with Crippen LogP contribution in [0.4, 0.5) is 4.79 Å². The number of nitrogens with zero attached hydrogens (tertiary/aromatic N) is 1. The van der Waals surface area contributed by atoms with E-state index < -0.39 is 11.9 Å². The Hall–Kier alpha value is -2.64. The Balaban J connectivity index is 2.01. The summed E-state index contributed by atoms with van der Waals surface area (Å²) in [4.78, 5) is 24.6. The molecule has 1 saturated heterocycles. The zero-order chi connectivity index (χ0) is 17.7. The molecule has 1 aromatic rings. The molecule has 132 valence electrons. The molecule has 0 spiro atoms. The van der Waals surface area contributed by atoms with Crippen molar-refractivity contribution in [3.63, 3.8) is 0 Å². The molecule has 1 atom stereocenters. The maximum Gasteiger partial charge on any atom is 0.317 e. The summed E-state index contributed by atoms with van der Waals surface area (Å²) in [6.45, 7) is 0.943. The fourth-order valence-electron chi connectivity index (χ4n) is 2.67. The number of likely N-dealkylation sites (tertiary alicyclic amines) is 1. The van der Waals surface area contributed by atoms with Crippen LogP contribution < -0.4 is 19.5 Å². The van der Waals surface area contributed by atoms with Gasteiger partial charge in [-0.2, -0.15) is 0 Å². The predicted molar refractivity (Wildman–Crippen MR) is 85.6 cm³/mol. The molecular formula is C16H22N2O6. The average Bonchev–Trinajstić information content (AvgIpc) is 3.09. The minimum Gasteiger partial charge on any atom is -0.493 e. The fraction of sp³-hybridized carbons (Fsp3) is 0.500. The molecule has 1 aliphatic rings. The lowest BCUT2D eigenvalue weighted by Crippen LogP contribution is -2.38. The maximum atomic E-state index is 12.2. The number of urea groups is 1. The second-order valence-corrected chi connectivity index (χ2v) is 5.46. The van der Waals surface area contributed by atoms with Gasteiger partial charge in [0.1, 0.15) is 0 Å². The van der Waals surface area contributed by atoms with Crippen LogP contribution in [0.25, 0.3) is 0 Å². The molecule has 1 aromatic carbocycles. The summed E-state index contributed by atoms with van der Waals surface area (Å²) in [5.41, 5.74) is 0.784. The van der Waals surface area contributed by atoms with Crippen molar-refractivity contribution in [2.75, 3.05) is 34.4 Å². The Kier molecular flexibility index (Phi) is 5.73. The number of hydrogen-bond donors (Lipinski definition) is 2. The van der Waals surface area contributed by atoms with Gasteiger partial charge in [-0.25, -0.2) is 4.79 Å². The SMILES string of the molecule is COc1cc(CNC(=O)N2CCC(C(=O)O)C2)cc(OC)c1OC. The summed E-state index contributed by atoms with van der Waals surface area (Å²) in [6.07, 6.45) is 0.479. The highest BCUT2D eigenvalue weighted by Crippen LogP contribution is 2.38. The van der Waals surface area contributed by atoms with E-state index in [9.17, 15) is 9.59 Å². The second kappa shape index (κ2) is 7.76. The molecule has 0 bridgehead atoms. The van der Waals surface area contributed by atoms with Gasteiger partial charge >= 0.3 is 12.0 Å². The second-order valence-electron chi connectivity index (χ2n) is 5.46. The van der Waals surface area contributed by atoms with Crippen LogP contribution in [-0.2, 0) is 11.3 Å². The van der Waals surface area contributed by atoms with Crippen LogP contribution in [0.3, 0.4) is 0 Å². The summed E-state index contributed by atoms with van der Waals surface area (Å²) in [7, 11) is 4.57. The lowest BCUT2D eigenvalue weighted by Gasteiger charge is -2.18. The van der Waals surface area contributed by atoms with Crippen LogP contribution in [0.1, 0.15) is 12.0 Å². The van der Waals surface area contributed by atoms with Gasteiger partial charge in [0, 0.05) is 19.6 Å². The van der Waals surface area contributed by atoms with E-state index in [1.54, 1.807) is 12.1 Å². The van der Waals surface area contributed by atoms with Gasteiger partial charge in [-0.05, 0) is 24.1 Å². The molecule has 1 unspecified atom stereocenters. The van der Waals surface area contributed by atoms with Gasteiger partial charge in [0.15, 0.2) is 11.5 Å². The smallest absolute Gasteiger partial charge is 0.317 e. The average molecular weight is 338 g/mol. The third-order valence-corrected chi connectivity index (χ3v) is 3.99. The first-order valence-electron chi connectivity index (χ1n) is 7.54. The van der Waals surface area contributed by atoms with Crippen molar-refractivity contribution in [2.45, 2.75) is 13.0 Å². The van der Waals surface area contributed by atoms with Gasteiger partial charge in [0.25, 0.3) is 0 Å². The lowest BCUT2D eigenvalue weighted by molar-refractivity contribution is -0.141. The van der Waals surface area contributed by atoms with Crippen LogP contribution in [0.5, 0.6) is 17.2 Å². The van der Waals surface area contributed by atoms with E-state index in [0.29, 0.717) is 30.2 Å². The Morgan fingerprint density at radius 1 is 1.21 bits per heavy atom. The number of methoxy groups -OCH3 is 3. The number of amides is 2. The van der Waals surface area contributed by atoms with Crippen molar-refractivity contribution in [3.05, 3.63) is 17.7 Å². The van der Waals surface area contributed by atoms with E-state index in [4.69, 9.17) is 19.3 Å². The number of carboxylic acids is 1. The lowest BCUT2D eigenvalue weighted by atomic mass is 10.1. The topological polar surface area (TPSA) is 97.3 Å². The molecule has 0 aromatic heterocycles. The van der Waals surface area contributed by atoms with E-state index in [0.717, 1.165) is 5.56 Å². The standard InChI is InChI=1S/C16H22N2O6/c1-22-12-6-10(7-13(23-2)14(12)24-3)8-17-16(21)18-5-4-11(9-18)15(19)20/h6-7,11H,4-5,8-9H2,1-3H3,(H,17,21)(H,19,20). The highest BCUT2D eigenvalue weighted by atomic mass is 16.5. The number of carboxylic acid groups (broad SMARTS) is 1. The third kappa shape index (κ3) is 3.81. The van der Waals surface area contributed by atoms with Gasteiger partial charge < -0.3 is 29.5 Å². The van der Waals surface area contributed by atoms with Crippen molar-refractivity contribution in [2.24, 2.45) is 5.92 Å². The molecule has 8 heteroatoms. The van der Waals surface area contributed by atoms with Crippen molar-refractivity contribution in [1.29, 1.82) is 0 Å². The minimum absolute atomic E-state index is 0.233. The Bertz CT molecular complexity index is 594. The number of nitrogens with one attached hydrogen (secondary N) is 1. The number of rotatable bonds is 6. The molecular weight excluding hydrogens is 316 g/mol. The molecule has 0 saturated carbocycles. The summed E-state index contributed by atoms with van der Waals surface area (Å²) in [5, 5.41) is 11.8. The highest BCUT2D eigenvalue weighted by molar-refractivity contribution is 5.77. The maximum absolute atomic E-state index is 12.2. The van der Waals surface area contributed by atoms with Gasteiger partial charge in [-0.1, -0.05) is 0 Å². The first kappa shape index (κ1) is 17.7. The summed E-state index contributed by atoms with van der Waals surface area (Å²) < 4.78 is 15.8. The van der Waals surface area contributed by atoms with Gasteiger partial charge in [0.2, 0.25) is 5.75 Å². The number of benzene rings is 1. The van der Waals surface area contributed by atoms with Crippen LogP contribution in [-0.4, -0.2) is 56.4 Å². The number of carbonyl (C=O) groups is 2. The molecule has 1 aliphatic heterocycles. The first-order chi connectivity index (χ1) is 11.5. The van der Waals surface area contributed by atoms with E-state index in [-0.39, 0.29) is 19.1 Å². The van der Waals surface area contributed by atoms with E-state index >= 15 is 0 Å². The van der Waals surface area contributed by atoms with Crippen LogP contribution in [0.15, 0.2) is 12.1 Å². The fourth-order valence-corrected chi connectivity index (χ4v) is 2.67. The largest absolute Gasteiger partial charge is 0.493 e. The molecule has 2 N–H and O–H groups in total. The molecule has 2 amide bonds. The molecule has 24 heavy (non-hydrogen) atoms. The molecule has 1 fully saturated rings. The molecule has 1 heterocycles. The van der Waals surface area contributed by atoms with Crippen LogP contribution in [0.2, 0.25) is 0 Å². The molecule has 0 radical (unpaired) electrons. The monoisotopic (exact) mass is 338 g/mol. The van der Waals surface area contributed by atoms with E-state index in [1.165, 1.54) is 26.2 Å². The quantitative estimate of drug-likeness (QED) is 0.812. The number of hydrogen-bond acceptors (Lipinski definition) is 5. The van der Waals surface area contributed by atoms with Crippen LogP contribution >= 0.6 is 0 Å². The van der Waals surface area contributed by atoms with E-state index in [1.807, 2.05) is 0 Å². The van der Waals surface area contributed by atoms with Crippen molar-refractivity contribution in [1.82, 2.24) is 10.2 Å². The Labute approximate surface area is 140 Å². The van der Waals surface area contributed by atoms with Gasteiger partial charge in [-0.3, -0.25) is 4.79 Å². The summed E-state index contributed by atoms with van der Waals surface area (Å²) in [5.74, 6) is 0.146. The number of carbonyl (C=O) groups excluding carboxylic acids is 1. The number of aliphatic carboxylic acids is 1. The normalized spacial score (nSPS) is 16.6. The molecule has 2 rings (SSSR count). The first-order valence-corrected chi connectivity index (χ1v) is 7.54. The third-order valence-electron chi connectivity index (χ3n) is 3.99. The van der Waals surface area contributed by atoms with Crippen molar-refractivity contribution >= 4 is 12.0 Å².